The average molecular weight is 315 g/mol. The predicted octanol–water partition coefficient (Wildman–Crippen LogP) is 5.76. The second-order valence-electron chi connectivity index (χ2n) is 6.73. The third-order valence-electron chi connectivity index (χ3n) is 4.76. The Morgan fingerprint density at radius 2 is 1.48 bits per heavy atom. The van der Waals surface area contributed by atoms with Gasteiger partial charge in [-0.25, -0.2) is 0 Å². The first kappa shape index (κ1) is 17.9. The Hall–Kier alpha value is -1.44. The lowest BCUT2D eigenvalue weighted by Crippen LogP contribution is -2.38. The van der Waals surface area contributed by atoms with E-state index in [1.807, 2.05) is 0 Å². The van der Waals surface area contributed by atoms with E-state index in [2.05, 4.69) is 66.4 Å². The summed E-state index contributed by atoms with van der Waals surface area (Å²) >= 11 is 0. The highest BCUT2D eigenvalue weighted by atomic mass is 15.4. The zero-order valence-corrected chi connectivity index (χ0v) is 15.1. The first-order chi connectivity index (χ1) is 11.3. The standard InChI is InChI=1S/C21H34N2/c1-3-5-7-12-16-22-17-18-23(21(22)15-9-6-4-2)19-20-13-10-8-11-14-20/h8,10-11,13-14,17-18,21H,3-7,9,12,15-16,19H2,1-2H3. The minimum Gasteiger partial charge on any atom is -0.356 e. The molecule has 23 heavy (non-hydrogen) atoms. The summed E-state index contributed by atoms with van der Waals surface area (Å²) in [7, 11) is 0. The van der Waals surface area contributed by atoms with Gasteiger partial charge in [-0.2, -0.15) is 0 Å². The van der Waals surface area contributed by atoms with Gasteiger partial charge < -0.3 is 9.80 Å². The maximum absolute atomic E-state index is 2.58. The van der Waals surface area contributed by atoms with E-state index in [0.29, 0.717) is 6.17 Å². The summed E-state index contributed by atoms with van der Waals surface area (Å²) in [5, 5.41) is 0. The average Bonchev–Trinajstić information content (AvgIpc) is 2.95. The summed E-state index contributed by atoms with van der Waals surface area (Å²) < 4.78 is 0. The molecule has 1 unspecified atom stereocenters. The largest absolute Gasteiger partial charge is 0.356 e. The van der Waals surface area contributed by atoms with Crippen LogP contribution in [0.4, 0.5) is 0 Å². The Morgan fingerprint density at radius 3 is 2.22 bits per heavy atom. The van der Waals surface area contributed by atoms with Gasteiger partial charge in [-0.1, -0.05) is 76.3 Å². The quantitative estimate of drug-likeness (QED) is 0.479. The van der Waals surface area contributed by atoms with Gasteiger partial charge in [-0.3, -0.25) is 0 Å². The molecule has 0 amide bonds. The summed E-state index contributed by atoms with van der Waals surface area (Å²) in [6.07, 6.45) is 15.8. The van der Waals surface area contributed by atoms with Crippen molar-refractivity contribution in [3.63, 3.8) is 0 Å². The van der Waals surface area contributed by atoms with Crippen LogP contribution in [-0.4, -0.2) is 22.5 Å². The van der Waals surface area contributed by atoms with Gasteiger partial charge in [0.15, 0.2) is 0 Å². The van der Waals surface area contributed by atoms with Gasteiger partial charge in [-0.05, 0) is 24.8 Å². The SMILES string of the molecule is CCCCCCN1C=CN(Cc2ccccc2)C1CCCCC. The molecule has 1 aliphatic heterocycles. The van der Waals surface area contributed by atoms with Gasteiger partial charge in [0.2, 0.25) is 0 Å². The van der Waals surface area contributed by atoms with Crippen molar-refractivity contribution in [2.24, 2.45) is 0 Å². The molecule has 1 atom stereocenters. The van der Waals surface area contributed by atoms with Crippen molar-refractivity contribution in [2.45, 2.75) is 77.9 Å². The van der Waals surface area contributed by atoms with Gasteiger partial charge in [0.1, 0.15) is 6.17 Å². The molecule has 2 nitrogen and oxygen atoms in total. The maximum Gasteiger partial charge on any atom is 0.101 e. The zero-order chi connectivity index (χ0) is 16.3. The molecule has 0 saturated heterocycles. The van der Waals surface area contributed by atoms with E-state index in [9.17, 15) is 0 Å². The highest BCUT2D eigenvalue weighted by Gasteiger charge is 2.25. The lowest BCUT2D eigenvalue weighted by molar-refractivity contribution is 0.132. The van der Waals surface area contributed by atoms with Crippen LogP contribution in [0.25, 0.3) is 0 Å². The maximum atomic E-state index is 2.58. The molecule has 2 rings (SSSR count). The Kier molecular flexibility index (Phi) is 8.06. The van der Waals surface area contributed by atoms with E-state index >= 15 is 0 Å². The minimum absolute atomic E-state index is 0.559. The molecule has 2 heteroatoms. The normalized spacial score (nSPS) is 17.2. The lowest BCUT2D eigenvalue weighted by atomic mass is 10.1. The van der Waals surface area contributed by atoms with Crippen molar-refractivity contribution >= 4 is 0 Å². The molecule has 1 aromatic rings. The van der Waals surface area contributed by atoms with E-state index in [1.54, 1.807) is 0 Å². The van der Waals surface area contributed by atoms with Crippen molar-refractivity contribution in [1.82, 2.24) is 9.80 Å². The fourth-order valence-corrected chi connectivity index (χ4v) is 3.37. The van der Waals surface area contributed by atoms with Gasteiger partial charge in [0.25, 0.3) is 0 Å². The molecule has 1 heterocycles. The second-order valence-corrected chi connectivity index (χ2v) is 6.73. The smallest absolute Gasteiger partial charge is 0.101 e. The first-order valence-electron chi connectivity index (χ1n) is 9.59. The van der Waals surface area contributed by atoms with Crippen molar-refractivity contribution in [3.05, 3.63) is 48.3 Å². The molecule has 0 aromatic heterocycles. The molecule has 0 saturated carbocycles. The van der Waals surface area contributed by atoms with E-state index in [1.165, 1.54) is 63.5 Å². The predicted molar refractivity (Wildman–Crippen MR) is 99.9 cm³/mol. The fourth-order valence-electron chi connectivity index (χ4n) is 3.37. The number of rotatable bonds is 11. The highest BCUT2D eigenvalue weighted by molar-refractivity contribution is 5.15. The van der Waals surface area contributed by atoms with Crippen LogP contribution < -0.4 is 0 Å². The lowest BCUT2D eigenvalue weighted by Gasteiger charge is -2.33. The summed E-state index contributed by atoms with van der Waals surface area (Å²) in [5.74, 6) is 0. The Balaban J connectivity index is 1.89. The molecule has 0 aliphatic carbocycles. The van der Waals surface area contributed by atoms with Gasteiger partial charge in [0.05, 0.1) is 0 Å². The van der Waals surface area contributed by atoms with E-state index < -0.39 is 0 Å². The molecule has 0 fully saturated rings. The molecule has 0 radical (unpaired) electrons. The monoisotopic (exact) mass is 314 g/mol. The number of nitrogens with zero attached hydrogens (tertiary/aromatic N) is 2. The van der Waals surface area contributed by atoms with Crippen LogP contribution in [-0.2, 0) is 6.54 Å². The summed E-state index contributed by atoms with van der Waals surface area (Å²) in [5.41, 5.74) is 1.41. The van der Waals surface area contributed by atoms with Crippen LogP contribution in [0.15, 0.2) is 42.7 Å². The van der Waals surface area contributed by atoms with Gasteiger partial charge in [0, 0.05) is 25.5 Å². The number of hydrogen-bond acceptors (Lipinski definition) is 2. The summed E-state index contributed by atoms with van der Waals surface area (Å²) in [6.45, 7) is 6.81. The van der Waals surface area contributed by atoms with Crippen LogP contribution in [0.1, 0.15) is 70.8 Å². The van der Waals surface area contributed by atoms with E-state index in [4.69, 9.17) is 0 Å². The van der Waals surface area contributed by atoms with Crippen molar-refractivity contribution < 1.29 is 0 Å². The Labute approximate surface area is 143 Å². The van der Waals surface area contributed by atoms with Crippen molar-refractivity contribution in [1.29, 1.82) is 0 Å². The number of unbranched alkanes of at least 4 members (excludes halogenated alkanes) is 5. The number of hydrogen-bond donors (Lipinski definition) is 0. The van der Waals surface area contributed by atoms with Crippen LogP contribution in [0.3, 0.4) is 0 Å². The molecule has 128 valence electrons. The first-order valence-corrected chi connectivity index (χ1v) is 9.59. The third kappa shape index (κ3) is 5.93. The van der Waals surface area contributed by atoms with E-state index in [-0.39, 0.29) is 0 Å². The molecular formula is C21H34N2. The molecular weight excluding hydrogens is 280 g/mol. The molecule has 0 N–H and O–H groups in total. The van der Waals surface area contributed by atoms with Crippen LogP contribution >= 0.6 is 0 Å². The summed E-state index contributed by atoms with van der Waals surface area (Å²) in [6, 6.07) is 10.9. The molecule has 1 aliphatic rings. The topological polar surface area (TPSA) is 6.48 Å². The van der Waals surface area contributed by atoms with Crippen LogP contribution in [0, 0.1) is 0 Å². The van der Waals surface area contributed by atoms with Crippen LogP contribution in [0.2, 0.25) is 0 Å². The van der Waals surface area contributed by atoms with Crippen LogP contribution in [0.5, 0.6) is 0 Å². The van der Waals surface area contributed by atoms with E-state index in [0.717, 1.165) is 6.54 Å². The van der Waals surface area contributed by atoms with Crippen molar-refractivity contribution in [3.8, 4) is 0 Å². The zero-order valence-electron chi connectivity index (χ0n) is 15.1. The molecule has 0 spiro atoms. The second kappa shape index (κ2) is 10.4. The van der Waals surface area contributed by atoms with Crippen molar-refractivity contribution in [2.75, 3.05) is 6.54 Å². The van der Waals surface area contributed by atoms with Gasteiger partial charge >= 0.3 is 0 Å². The Bertz CT molecular complexity index is 440. The summed E-state index contributed by atoms with van der Waals surface area (Å²) in [4.78, 5) is 5.11. The Morgan fingerprint density at radius 1 is 0.783 bits per heavy atom. The van der Waals surface area contributed by atoms with Gasteiger partial charge in [-0.15, -0.1) is 0 Å². The number of benzene rings is 1. The molecule has 0 bridgehead atoms. The minimum atomic E-state index is 0.559. The fraction of sp³-hybridized carbons (Fsp3) is 0.619. The highest BCUT2D eigenvalue weighted by Crippen LogP contribution is 2.24. The molecule has 1 aromatic carbocycles. The third-order valence-corrected chi connectivity index (χ3v) is 4.76.